The third-order valence-corrected chi connectivity index (χ3v) is 8.52. The molecule has 6 heteroatoms. The molecule has 0 aliphatic heterocycles. The van der Waals surface area contributed by atoms with Crippen LogP contribution in [-0.4, -0.2) is 49.8 Å². The summed E-state index contributed by atoms with van der Waals surface area (Å²) < 4.78 is 23.5. The van der Waals surface area contributed by atoms with Gasteiger partial charge < -0.3 is 9.38 Å². The zero-order valence-corrected chi connectivity index (χ0v) is 26.0. The molecule has 5 nitrogen and oxygen atoms in total. The third kappa shape index (κ3) is 24.4. The van der Waals surface area contributed by atoms with Crippen LogP contribution in [0.2, 0.25) is 0 Å². The number of quaternary nitrogens is 1. The van der Waals surface area contributed by atoms with Gasteiger partial charge in [-0.1, -0.05) is 130 Å². The van der Waals surface area contributed by atoms with E-state index in [1.165, 1.54) is 116 Å². The molecule has 0 bridgehead atoms. The van der Waals surface area contributed by atoms with Crippen LogP contribution in [0.15, 0.2) is 0 Å². The van der Waals surface area contributed by atoms with Crippen LogP contribution in [-0.2, 0) is 13.6 Å². The quantitative estimate of drug-likeness (QED) is 0.0616. The summed E-state index contributed by atoms with van der Waals surface area (Å²) in [6.07, 6.45) is 26.0. The summed E-state index contributed by atoms with van der Waals surface area (Å²) in [6.45, 7) is 9.12. The Balaban J connectivity index is 3.60. The van der Waals surface area contributed by atoms with Crippen molar-refractivity contribution in [3.63, 3.8) is 0 Å². The fourth-order valence-electron chi connectivity index (χ4n) is 4.98. The highest BCUT2D eigenvalue weighted by Gasteiger charge is 2.25. The summed E-state index contributed by atoms with van der Waals surface area (Å²) in [5, 5.41) is 0. The molecule has 2 atom stereocenters. The molecule has 0 heterocycles. The Bertz CT molecular complexity index is 515. The molecule has 0 saturated heterocycles. The Kier molecular flexibility index (Phi) is 24.2. The van der Waals surface area contributed by atoms with Gasteiger partial charge in [0.2, 0.25) is 0 Å². The largest absolute Gasteiger partial charge is 0.472 e. The molecule has 0 aromatic rings. The molecule has 0 aliphatic rings. The molecule has 0 aliphatic carbocycles. The lowest BCUT2D eigenvalue weighted by Crippen LogP contribution is -2.45. The van der Waals surface area contributed by atoms with E-state index in [4.69, 9.17) is 9.05 Å². The summed E-state index contributed by atoms with van der Waals surface area (Å²) in [7, 11) is 0.419. The van der Waals surface area contributed by atoms with Gasteiger partial charge in [0, 0.05) is 5.92 Å². The maximum absolute atomic E-state index is 12.2. The van der Waals surface area contributed by atoms with Crippen LogP contribution in [0.1, 0.15) is 149 Å². The second kappa shape index (κ2) is 24.1. The molecule has 1 N–H and O–H groups in total. The number of phosphoric ester groups is 1. The normalized spacial score (nSPS) is 14.7. The fraction of sp³-hybridized carbons (Fsp3) is 1.00. The summed E-state index contributed by atoms with van der Waals surface area (Å²) in [5.41, 5.74) is 0. The molecule has 0 amide bonds. The Morgan fingerprint density at radius 1 is 0.639 bits per heavy atom. The van der Waals surface area contributed by atoms with E-state index in [9.17, 15) is 9.46 Å². The second-order valence-corrected chi connectivity index (χ2v) is 13.2. The van der Waals surface area contributed by atoms with Crippen molar-refractivity contribution in [1.29, 1.82) is 0 Å². The highest BCUT2D eigenvalue weighted by atomic mass is 31.2. The first kappa shape index (κ1) is 36.1. The Hall–Kier alpha value is 0.0700. The molecule has 2 unspecified atom stereocenters. The first-order valence-electron chi connectivity index (χ1n) is 15.7. The molecule has 218 valence electrons. The molecule has 0 fully saturated rings. The zero-order chi connectivity index (χ0) is 27.0. The van der Waals surface area contributed by atoms with E-state index in [0.717, 1.165) is 30.4 Å². The van der Waals surface area contributed by atoms with E-state index >= 15 is 0 Å². The van der Waals surface area contributed by atoms with Gasteiger partial charge in [-0.15, -0.1) is 0 Å². The van der Waals surface area contributed by atoms with Gasteiger partial charge in [0.25, 0.3) is 0 Å². The minimum atomic E-state index is -3.94. The van der Waals surface area contributed by atoms with Crippen LogP contribution >= 0.6 is 7.82 Å². The van der Waals surface area contributed by atoms with Crippen LogP contribution in [0.5, 0.6) is 0 Å². The van der Waals surface area contributed by atoms with Crippen molar-refractivity contribution in [2.45, 2.75) is 149 Å². The zero-order valence-electron chi connectivity index (χ0n) is 25.1. The molecular formula is C30H65NO4P+. The molecular weight excluding hydrogens is 469 g/mol. The molecule has 0 spiro atoms. The van der Waals surface area contributed by atoms with Crippen molar-refractivity contribution < 1.29 is 23.0 Å². The van der Waals surface area contributed by atoms with Crippen molar-refractivity contribution in [1.82, 2.24) is 0 Å². The second-order valence-electron chi connectivity index (χ2n) is 11.7. The van der Waals surface area contributed by atoms with E-state index < -0.39 is 7.82 Å². The maximum atomic E-state index is 12.2. The fourth-order valence-corrected chi connectivity index (χ4v) is 5.72. The van der Waals surface area contributed by atoms with Crippen molar-refractivity contribution in [3.05, 3.63) is 0 Å². The predicted octanol–water partition coefficient (Wildman–Crippen LogP) is 9.67. The minimum absolute atomic E-state index is 0.254. The van der Waals surface area contributed by atoms with Crippen LogP contribution in [0.4, 0.5) is 0 Å². The monoisotopic (exact) mass is 534 g/mol. The number of hydrogen-bond acceptors (Lipinski definition) is 3. The smallest absolute Gasteiger partial charge is 0.326 e. The van der Waals surface area contributed by atoms with Crippen LogP contribution in [0.3, 0.4) is 0 Å². The highest BCUT2D eigenvalue weighted by Crippen LogP contribution is 2.43. The molecule has 0 aromatic carbocycles. The number of likely N-dealkylation sites (N-methyl/N-ethyl adjacent to an activating group) is 1. The Labute approximate surface area is 226 Å². The average Bonchev–Trinajstić information content (AvgIpc) is 2.83. The van der Waals surface area contributed by atoms with E-state index in [0.29, 0.717) is 12.5 Å². The topological polar surface area (TPSA) is 55.8 Å². The number of nitrogens with zero attached hydrogens (tertiary/aromatic N) is 1. The maximum Gasteiger partial charge on any atom is 0.472 e. The number of rotatable bonds is 28. The standard InChI is InChI=1S/C30H64NO4P/c1-6-9-11-12-13-14-15-16-17-18-19-20-21-22-23-24-27-34-36(32,33)35-28-26-31(4,5)29-30(8-3)25-10-7-2/h30H,6-29H2,1-5H3/p+1. The Morgan fingerprint density at radius 3 is 1.50 bits per heavy atom. The Morgan fingerprint density at radius 2 is 1.06 bits per heavy atom. The van der Waals surface area contributed by atoms with E-state index in [1.54, 1.807) is 0 Å². The van der Waals surface area contributed by atoms with Crippen molar-refractivity contribution in [3.8, 4) is 0 Å². The van der Waals surface area contributed by atoms with Crippen molar-refractivity contribution >= 4 is 7.82 Å². The lowest BCUT2D eigenvalue weighted by Gasteiger charge is -2.33. The summed E-state index contributed by atoms with van der Waals surface area (Å²) in [6, 6.07) is 0. The lowest BCUT2D eigenvalue weighted by atomic mass is 9.98. The van der Waals surface area contributed by atoms with Gasteiger partial charge >= 0.3 is 7.82 Å². The molecule has 0 saturated carbocycles. The summed E-state index contributed by atoms with van der Waals surface area (Å²) in [5.74, 6) is 0.701. The van der Waals surface area contributed by atoms with Gasteiger partial charge in [0.05, 0.1) is 27.2 Å². The minimum Gasteiger partial charge on any atom is -0.326 e. The van der Waals surface area contributed by atoms with E-state index in [2.05, 4.69) is 34.9 Å². The predicted molar refractivity (Wildman–Crippen MR) is 156 cm³/mol. The van der Waals surface area contributed by atoms with Crippen LogP contribution in [0.25, 0.3) is 0 Å². The van der Waals surface area contributed by atoms with Gasteiger partial charge in [-0.2, -0.15) is 0 Å². The van der Waals surface area contributed by atoms with Crippen molar-refractivity contribution in [2.24, 2.45) is 5.92 Å². The van der Waals surface area contributed by atoms with Gasteiger partial charge in [-0.05, 0) is 19.3 Å². The number of unbranched alkanes of at least 4 members (excludes halogenated alkanes) is 16. The molecule has 0 radical (unpaired) electrons. The van der Waals surface area contributed by atoms with Crippen LogP contribution in [0, 0.1) is 5.92 Å². The number of hydrogen-bond donors (Lipinski definition) is 1. The van der Waals surface area contributed by atoms with E-state index in [-0.39, 0.29) is 6.61 Å². The number of phosphoric acid groups is 1. The first-order chi connectivity index (χ1) is 17.3. The molecule has 36 heavy (non-hydrogen) atoms. The summed E-state index contributed by atoms with van der Waals surface area (Å²) in [4.78, 5) is 9.99. The van der Waals surface area contributed by atoms with Crippen molar-refractivity contribution in [2.75, 3.05) is 40.4 Å². The first-order valence-corrected chi connectivity index (χ1v) is 17.2. The summed E-state index contributed by atoms with van der Waals surface area (Å²) >= 11 is 0. The van der Waals surface area contributed by atoms with Gasteiger partial charge in [0.1, 0.15) is 13.2 Å². The molecule has 0 aromatic heterocycles. The van der Waals surface area contributed by atoms with Gasteiger partial charge in [0.15, 0.2) is 0 Å². The molecule has 0 rings (SSSR count). The average molecular weight is 535 g/mol. The highest BCUT2D eigenvalue weighted by molar-refractivity contribution is 7.47. The third-order valence-electron chi connectivity index (χ3n) is 7.50. The van der Waals surface area contributed by atoms with Gasteiger partial charge in [-0.25, -0.2) is 4.57 Å². The lowest BCUT2D eigenvalue weighted by molar-refractivity contribution is -0.893. The van der Waals surface area contributed by atoms with E-state index in [1.807, 2.05) is 0 Å². The van der Waals surface area contributed by atoms with Gasteiger partial charge in [-0.3, -0.25) is 9.05 Å². The van der Waals surface area contributed by atoms with Crippen LogP contribution < -0.4 is 0 Å². The SMILES string of the molecule is CCCCCCCCCCCCCCCCCCOP(=O)(O)OCC[N+](C)(C)CC(CC)CCCC.